The van der Waals surface area contributed by atoms with E-state index in [1.807, 2.05) is 52.1 Å². The van der Waals surface area contributed by atoms with Crippen molar-refractivity contribution < 1.29 is 9.53 Å². The molecule has 2 aromatic rings. The van der Waals surface area contributed by atoms with E-state index in [1.54, 1.807) is 4.90 Å². The summed E-state index contributed by atoms with van der Waals surface area (Å²) < 4.78 is 5.46. The van der Waals surface area contributed by atoms with Crippen LogP contribution in [-0.4, -0.2) is 52.7 Å². The van der Waals surface area contributed by atoms with Crippen molar-refractivity contribution in [2.24, 2.45) is 0 Å². The molecule has 0 unspecified atom stereocenters. The molecule has 0 spiro atoms. The summed E-state index contributed by atoms with van der Waals surface area (Å²) in [5, 5.41) is 0. The van der Waals surface area contributed by atoms with Crippen LogP contribution >= 0.6 is 0 Å². The average Bonchev–Trinajstić information content (AvgIpc) is 2.59. The Morgan fingerprint density at radius 1 is 1.19 bits per heavy atom. The summed E-state index contributed by atoms with van der Waals surface area (Å²) in [7, 11) is 1.99. The zero-order chi connectivity index (χ0) is 18.9. The number of piperidine rings is 1. The standard InChI is InChI=1S/C19H27N5O2/c1-19(2,3)26-18(25)24-11-9-13(10-12-24)23(4)17-16(20)21-14-7-5-6-8-15(14)22-17/h5-8,13H,9-12H2,1-4H3,(H2,20,21). The molecule has 3 rings (SSSR count). The third-order valence-corrected chi connectivity index (χ3v) is 4.58. The number of benzene rings is 1. The number of anilines is 2. The fourth-order valence-corrected chi connectivity index (χ4v) is 3.20. The van der Waals surface area contributed by atoms with Crippen LogP contribution in [0.4, 0.5) is 16.4 Å². The predicted octanol–water partition coefficient (Wildman–Crippen LogP) is 3.05. The maximum Gasteiger partial charge on any atom is 0.410 e. The molecular weight excluding hydrogens is 330 g/mol. The van der Waals surface area contributed by atoms with Crippen molar-refractivity contribution in [2.75, 3.05) is 30.8 Å². The van der Waals surface area contributed by atoms with Gasteiger partial charge in [0.05, 0.1) is 11.0 Å². The highest BCUT2D eigenvalue weighted by atomic mass is 16.6. The molecule has 7 nitrogen and oxygen atoms in total. The van der Waals surface area contributed by atoms with Gasteiger partial charge in [0.25, 0.3) is 0 Å². The number of amides is 1. The minimum atomic E-state index is -0.472. The number of ether oxygens (including phenoxy) is 1. The molecule has 1 aromatic carbocycles. The van der Waals surface area contributed by atoms with E-state index in [-0.39, 0.29) is 12.1 Å². The van der Waals surface area contributed by atoms with Crippen LogP contribution in [0.25, 0.3) is 11.0 Å². The first kappa shape index (κ1) is 18.2. The number of carbonyl (C=O) groups is 1. The molecule has 140 valence electrons. The van der Waals surface area contributed by atoms with Crippen molar-refractivity contribution in [3.05, 3.63) is 24.3 Å². The number of fused-ring (bicyclic) bond motifs is 1. The fourth-order valence-electron chi connectivity index (χ4n) is 3.20. The summed E-state index contributed by atoms with van der Waals surface area (Å²) in [5.41, 5.74) is 7.29. The third kappa shape index (κ3) is 3.98. The monoisotopic (exact) mass is 357 g/mol. The summed E-state index contributed by atoms with van der Waals surface area (Å²) in [4.78, 5) is 25.2. The molecule has 1 aliphatic rings. The van der Waals surface area contributed by atoms with Crippen LogP contribution in [0.2, 0.25) is 0 Å². The zero-order valence-electron chi connectivity index (χ0n) is 15.9. The first-order valence-corrected chi connectivity index (χ1v) is 8.97. The van der Waals surface area contributed by atoms with Crippen molar-refractivity contribution in [3.63, 3.8) is 0 Å². The molecule has 7 heteroatoms. The minimum absolute atomic E-state index is 0.247. The molecular formula is C19H27N5O2. The molecule has 1 fully saturated rings. The van der Waals surface area contributed by atoms with Gasteiger partial charge in [-0.1, -0.05) is 12.1 Å². The Labute approximate surface area is 154 Å². The second kappa shape index (κ2) is 6.97. The van der Waals surface area contributed by atoms with Gasteiger partial charge < -0.3 is 20.3 Å². The minimum Gasteiger partial charge on any atom is -0.444 e. The van der Waals surface area contributed by atoms with Gasteiger partial charge in [-0.3, -0.25) is 0 Å². The van der Waals surface area contributed by atoms with Crippen LogP contribution in [0.15, 0.2) is 24.3 Å². The largest absolute Gasteiger partial charge is 0.444 e. The summed E-state index contributed by atoms with van der Waals surface area (Å²) in [6.07, 6.45) is 1.43. The summed E-state index contributed by atoms with van der Waals surface area (Å²) in [6, 6.07) is 7.96. The van der Waals surface area contributed by atoms with E-state index >= 15 is 0 Å². The number of likely N-dealkylation sites (tertiary alicyclic amines) is 1. The molecule has 2 heterocycles. The van der Waals surface area contributed by atoms with Crippen molar-refractivity contribution in [3.8, 4) is 0 Å². The van der Waals surface area contributed by atoms with Gasteiger partial charge in [-0.15, -0.1) is 0 Å². The first-order chi connectivity index (χ1) is 12.2. The molecule has 1 aliphatic heterocycles. The fraction of sp³-hybridized carbons (Fsp3) is 0.526. The Morgan fingerprint density at radius 2 is 1.77 bits per heavy atom. The lowest BCUT2D eigenvalue weighted by Crippen LogP contribution is -2.47. The Bertz CT molecular complexity index is 794. The Hall–Kier alpha value is -2.57. The molecule has 0 bridgehead atoms. The predicted molar refractivity (Wildman–Crippen MR) is 103 cm³/mol. The van der Waals surface area contributed by atoms with Gasteiger partial charge >= 0.3 is 6.09 Å². The molecule has 1 saturated heterocycles. The molecule has 1 aromatic heterocycles. The first-order valence-electron chi connectivity index (χ1n) is 8.97. The van der Waals surface area contributed by atoms with Gasteiger partial charge in [0.15, 0.2) is 11.6 Å². The quantitative estimate of drug-likeness (QED) is 0.889. The topological polar surface area (TPSA) is 84.6 Å². The molecule has 2 N–H and O–H groups in total. The zero-order valence-corrected chi connectivity index (χ0v) is 15.9. The summed E-state index contributed by atoms with van der Waals surface area (Å²) in [5.74, 6) is 1.13. The molecule has 0 atom stereocenters. The Balaban J connectivity index is 1.68. The summed E-state index contributed by atoms with van der Waals surface area (Å²) >= 11 is 0. The second-order valence-corrected chi connectivity index (χ2v) is 7.73. The third-order valence-electron chi connectivity index (χ3n) is 4.58. The Kier molecular flexibility index (Phi) is 4.89. The normalized spacial score (nSPS) is 15.9. The van der Waals surface area contributed by atoms with E-state index in [0.29, 0.717) is 24.7 Å². The number of nitrogen functional groups attached to an aromatic ring is 1. The number of hydrogen-bond acceptors (Lipinski definition) is 6. The number of nitrogens with two attached hydrogens (primary N) is 1. The number of hydrogen-bond donors (Lipinski definition) is 1. The van der Waals surface area contributed by atoms with E-state index < -0.39 is 5.60 Å². The van der Waals surface area contributed by atoms with Crippen molar-refractivity contribution in [1.82, 2.24) is 14.9 Å². The van der Waals surface area contributed by atoms with E-state index in [0.717, 1.165) is 23.9 Å². The van der Waals surface area contributed by atoms with Crippen LogP contribution < -0.4 is 10.6 Å². The number of para-hydroxylation sites is 2. The lowest BCUT2D eigenvalue weighted by atomic mass is 10.0. The number of rotatable bonds is 2. The maximum absolute atomic E-state index is 12.2. The lowest BCUT2D eigenvalue weighted by molar-refractivity contribution is 0.0205. The van der Waals surface area contributed by atoms with Crippen LogP contribution in [-0.2, 0) is 4.74 Å². The van der Waals surface area contributed by atoms with E-state index in [4.69, 9.17) is 10.5 Å². The van der Waals surface area contributed by atoms with Gasteiger partial charge in [0.1, 0.15) is 5.60 Å². The van der Waals surface area contributed by atoms with Gasteiger partial charge in [-0.05, 0) is 45.7 Å². The van der Waals surface area contributed by atoms with Gasteiger partial charge in [0.2, 0.25) is 0 Å². The van der Waals surface area contributed by atoms with E-state index in [2.05, 4.69) is 14.9 Å². The average molecular weight is 357 g/mol. The highest BCUT2D eigenvalue weighted by Gasteiger charge is 2.29. The molecule has 0 aliphatic carbocycles. The summed E-state index contributed by atoms with van der Waals surface area (Å²) in [6.45, 7) is 6.96. The van der Waals surface area contributed by atoms with Crippen LogP contribution in [0.1, 0.15) is 33.6 Å². The van der Waals surface area contributed by atoms with Crippen LogP contribution in [0.3, 0.4) is 0 Å². The second-order valence-electron chi connectivity index (χ2n) is 7.73. The van der Waals surface area contributed by atoms with Crippen molar-refractivity contribution in [2.45, 2.75) is 45.3 Å². The van der Waals surface area contributed by atoms with Crippen LogP contribution in [0.5, 0.6) is 0 Å². The molecule has 0 radical (unpaired) electrons. The van der Waals surface area contributed by atoms with Crippen LogP contribution in [0, 0.1) is 0 Å². The highest BCUT2D eigenvalue weighted by Crippen LogP contribution is 2.27. The molecule has 0 saturated carbocycles. The molecule has 1 amide bonds. The number of carbonyl (C=O) groups excluding carboxylic acids is 1. The van der Waals surface area contributed by atoms with Gasteiger partial charge in [-0.25, -0.2) is 14.8 Å². The van der Waals surface area contributed by atoms with E-state index in [9.17, 15) is 4.79 Å². The molecule has 26 heavy (non-hydrogen) atoms. The maximum atomic E-state index is 12.2. The highest BCUT2D eigenvalue weighted by molar-refractivity contribution is 5.79. The Morgan fingerprint density at radius 3 is 2.35 bits per heavy atom. The van der Waals surface area contributed by atoms with Gasteiger partial charge in [0, 0.05) is 26.2 Å². The van der Waals surface area contributed by atoms with Crippen molar-refractivity contribution in [1.29, 1.82) is 0 Å². The smallest absolute Gasteiger partial charge is 0.410 e. The van der Waals surface area contributed by atoms with E-state index in [1.165, 1.54) is 0 Å². The SMILES string of the molecule is CN(c1nc2ccccc2nc1N)C1CCN(C(=O)OC(C)(C)C)CC1. The number of nitrogens with zero attached hydrogens (tertiary/aromatic N) is 4. The number of aromatic nitrogens is 2. The van der Waals surface area contributed by atoms with Gasteiger partial charge in [-0.2, -0.15) is 0 Å². The lowest BCUT2D eigenvalue weighted by Gasteiger charge is -2.37. The van der Waals surface area contributed by atoms with Crippen molar-refractivity contribution >= 4 is 28.8 Å².